The Balaban J connectivity index is 2.30. The highest BCUT2D eigenvalue weighted by molar-refractivity contribution is 5.66. The number of halogens is 1. The molecule has 0 N–H and O–H groups in total. The van der Waals surface area contributed by atoms with Crippen molar-refractivity contribution in [3.8, 4) is 17.1 Å². The molecule has 0 aliphatic heterocycles. The van der Waals surface area contributed by atoms with Crippen molar-refractivity contribution in [3.63, 3.8) is 0 Å². The van der Waals surface area contributed by atoms with Crippen molar-refractivity contribution in [2.45, 2.75) is 39.5 Å². The van der Waals surface area contributed by atoms with Gasteiger partial charge in [0.15, 0.2) is 5.69 Å². The van der Waals surface area contributed by atoms with Gasteiger partial charge in [0, 0.05) is 18.0 Å². The number of imidazole rings is 1. The summed E-state index contributed by atoms with van der Waals surface area (Å²) in [5, 5.41) is 0. The van der Waals surface area contributed by atoms with Crippen molar-refractivity contribution in [2.75, 3.05) is 0 Å². The molecule has 0 aliphatic rings. The third kappa shape index (κ3) is 3.25. The maximum absolute atomic E-state index is 13.3. The lowest BCUT2D eigenvalue weighted by Crippen LogP contribution is -2.08. The summed E-state index contributed by atoms with van der Waals surface area (Å²) in [7, 11) is 0. The lowest BCUT2D eigenvalue weighted by atomic mass is 9.91. The van der Waals surface area contributed by atoms with E-state index < -0.39 is 0 Å². The van der Waals surface area contributed by atoms with Gasteiger partial charge in [-0.25, -0.2) is 14.2 Å². The van der Waals surface area contributed by atoms with Crippen LogP contribution in [0.4, 0.5) is 10.1 Å². The molecule has 0 amide bonds. The number of nitrogens with zero attached hydrogens (tertiary/aromatic N) is 3. The number of rotatable bonds is 4. The molecule has 0 saturated carbocycles. The fourth-order valence-electron chi connectivity index (χ4n) is 3.18. The molecule has 2 aromatic carbocycles. The highest BCUT2D eigenvalue weighted by atomic mass is 19.1. The van der Waals surface area contributed by atoms with Crippen molar-refractivity contribution < 1.29 is 4.39 Å². The maximum Gasteiger partial charge on any atom is 0.187 e. The van der Waals surface area contributed by atoms with Crippen LogP contribution in [0.5, 0.6) is 0 Å². The van der Waals surface area contributed by atoms with Crippen molar-refractivity contribution in [1.29, 1.82) is 0 Å². The first-order chi connectivity index (χ1) is 12.4. The smallest absolute Gasteiger partial charge is 0.187 e. The van der Waals surface area contributed by atoms with Crippen LogP contribution >= 0.6 is 0 Å². The Hall–Kier alpha value is -2.93. The van der Waals surface area contributed by atoms with Crippen LogP contribution in [0.2, 0.25) is 0 Å². The van der Waals surface area contributed by atoms with Crippen LogP contribution < -0.4 is 0 Å². The fourth-order valence-corrected chi connectivity index (χ4v) is 3.18. The normalized spacial score (nSPS) is 11.2. The van der Waals surface area contributed by atoms with Crippen molar-refractivity contribution in [2.24, 2.45) is 0 Å². The first-order valence-corrected chi connectivity index (χ1v) is 8.77. The summed E-state index contributed by atoms with van der Waals surface area (Å²) in [5.41, 5.74) is 4.81. The Morgan fingerprint density at radius 3 is 2.08 bits per heavy atom. The first kappa shape index (κ1) is 17.9. The molecule has 4 heteroatoms. The Morgan fingerprint density at radius 2 is 1.58 bits per heavy atom. The van der Waals surface area contributed by atoms with Gasteiger partial charge in [-0.15, -0.1) is 0 Å². The third-order valence-electron chi connectivity index (χ3n) is 4.51. The Kier molecular flexibility index (Phi) is 4.90. The van der Waals surface area contributed by atoms with Gasteiger partial charge < -0.3 is 0 Å². The molecule has 26 heavy (non-hydrogen) atoms. The topological polar surface area (TPSA) is 22.2 Å². The van der Waals surface area contributed by atoms with Crippen LogP contribution in [0.15, 0.2) is 48.8 Å². The largest absolute Gasteiger partial charge is 0.299 e. The van der Waals surface area contributed by atoms with Gasteiger partial charge >= 0.3 is 0 Å². The predicted molar refractivity (Wildman–Crippen MR) is 103 cm³/mol. The Bertz CT molecular complexity index is 931. The minimum Gasteiger partial charge on any atom is -0.299 e. The Labute approximate surface area is 154 Å². The van der Waals surface area contributed by atoms with Gasteiger partial charge in [-0.3, -0.25) is 4.57 Å². The highest BCUT2D eigenvalue weighted by Crippen LogP contribution is 2.37. The van der Waals surface area contributed by atoms with Gasteiger partial charge in [-0.2, -0.15) is 0 Å². The van der Waals surface area contributed by atoms with Crippen LogP contribution in [-0.2, 0) is 0 Å². The zero-order valence-electron chi connectivity index (χ0n) is 15.5. The molecule has 0 saturated heterocycles. The predicted octanol–water partition coefficient (Wildman–Crippen LogP) is 6.48. The van der Waals surface area contributed by atoms with Crippen LogP contribution in [0.25, 0.3) is 21.9 Å². The van der Waals surface area contributed by atoms with Gasteiger partial charge in [0.25, 0.3) is 0 Å². The molecule has 1 heterocycles. The Morgan fingerprint density at radius 1 is 1.00 bits per heavy atom. The van der Waals surface area contributed by atoms with E-state index >= 15 is 0 Å². The number of hydrogen-bond acceptors (Lipinski definition) is 1. The zero-order chi connectivity index (χ0) is 18.8. The molecule has 3 aromatic rings. The monoisotopic (exact) mass is 347 g/mol. The van der Waals surface area contributed by atoms with Gasteiger partial charge in [0.2, 0.25) is 0 Å². The minimum absolute atomic E-state index is 0.257. The van der Waals surface area contributed by atoms with Crippen LogP contribution in [-0.4, -0.2) is 9.55 Å². The molecule has 3 rings (SSSR count). The van der Waals surface area contributed by atoms with E-state index in [2.05, 4.69) is 42.1 Å². The molecule has 0 aliphatic carbocycles. The summed E-state index contributed by atoms with van der Waals surface area (Å²) in [6.07, 6.45) is 3.69. The second-order valence-electron chi connectivity index (χ2n) is 7.02. The SMILES string of the molecule is [C-]#[N+]c1cc(C(C)C)c(-n2ccnc2-c2ccc(F)cc2)c(C(C)C)c1. The highest BCUT2D eigenvalue weighted by Gasteiger charge is 2.20. The van der Waals surface area contributed by atoms with Gasteiger partial charge in [0.05, 0.1) is 12.3 Å². The van der Waals surface area contributed by atoms with Gasteiger partial charge in [-0.1, -0.05) is 39.8 Å². The molecule has 0 fully saturated rings. The van der Waals surface area contributed by atoms with E-state index in [9.17, 15) is 4.39 Å². The molecule has 0 atom stereocenters. The first-order valence-electron chi connectivity index (χ1n) is 8.77. The van der Waals surface area contributed by atoms with Crippen molar-refractivity contribution in [3.05, 3.63) is 77.2 Å². The van der Waals surface area contributed by atoms with Crippen LogP contribution in [0, 0.1) is 12.4 Å². The third-order valence-corrected chi connectivity index (χ3v) is 4.51. The summed E-state index contributed by atoms with van der Waals surface area (Å²) in [6.45, 7) is 16.0. The number of hydrogen-bond donors (Lipinski definition) is 0. The standard InChI is InChI=1S/C22H22FN3/c1-14(2)19-12-18(24-5)13-20(15(3)4)21(19)26-11-10-25-22(26)16-6-8-17(23)9-7-16/h6-15H,1-4H3. The van der Waals surface area contributed by atoms with E-state index in [1.165, 1.54) is 12.1 Å². The van der Waals surface area contributed by atoms with Crippen LogP contribution in [0.3, 0.4) is 0 Å². The molecule has 1 aromatic heterocycles. The average Bonchev–Trinajstić information content (AvgIpc) is 3.10. The maximum atomic E-state index is 13.3. The second-order valence-corrected chi connectivity index (χ2v) is 7.02. The number of benzene rings is 2. The van der Waals surface area contributed by atoms with Gasteiger partial charge in [-0.05, 0) is 47.2 Å². The molecule has 132 valence electrons. The summed E-state index contributed by atoms with van der Waals surface area (Å²) in [5.74, 6) is 1.02. The molecule has 0 spiro atoms. The van der Waals surface area contributed by atoms with Crippen molar-refractivity contribution in [1.82, 2.24) is 9.55 Å². The molecule has 0 radical (unpaired) electrons. The molecule has 3 nitrogen and oxygen atoms in total. The number of aromatic nitrogens is 2. The van der Waals surface area contributed by atoms with E-state index in [0.29, 0.717) is 5.69 Å². The summed E-state index contributed by atoms with van der Waals surface area (Å²) in [4.78, 5) is 8.17. The zero-order valence-corrected chi connectivity index (χ0v) is 15.5. The molecular weight excluding hydrogens is 325 g/mol. The van der Waals surface area contributed by atoms with Crippen molar-refractivity contribution >= 4 is 5.69 Å². The molecule has 0 bridgehead atoms. The van der Waals surface area contributed by atoms with E-state index in [4.69, 9.17) is 6.57 Å². The van der Waals surface area contributed by atoms with Crippen LogP contribution in [0.1, 0.15) is 50.7 Å². The molecular formula is C22H22FN3. The summed E-state index contributed by atoms with van der Waals surface area (Å²) in [6, 6.07) is 10.3. The average molecular weight is 347 g/mol. The summed E-state index contributed by atoms with van der Waals surface area (Å²) < 4.78 is 15.4. The van der Waals surface area contributed by atoms with E-state index in [0.717, 1.165) is 28.2 Å². The van der Waals surface area contributed by atoms with E-state index in [1.807, 2.05) is 18.3 Å². The quantitative estimate of drug-likeness (QED) is 0.495. The second kappa shape index (κ2) is 7.13. The van der Waals surface area contributed by atoms with E-state index in [-0.39, 0.29) is 17.7 Å². The minimum atomic E-state index is -0.265. The lowest BCUT2D eigenvalue weighted by Gasteiger charge is -2.22. The molecule has 0 unspecified atom stereocenters. The fraction of sp³-hybridized carbons (Fsp3) is 0.273. The lowest BCUT2D eigenvalue weighted by molar-refractivity contribution is 0.628. The summed E-state index contributed by atoms with van der Waals surface area (Å²) >= 11 is 0. The van der Waals surface area contributed by atoms with Gasteiger partial charge in [0.1, 0.15) is 11.6 Å². The van der Waals surface area contributed by atoms with E-state index in [1.54, 1.807) is 18.3 Å².